The molecule has 0 atom stereocenters. The van der Waals surface area contributed by atoms with Crippen LogP contribution < -0.4 is 5.32 Å². The Morgan fingerprint density at radius 3 is 2.68 bits per heavy atom. The van der Waals surface area contributed by atoms with Crippen molar-refractivity contribution in [2.75, 3.05) is 5.32 Å². The number of amides is 1. The number of hydrogen-bond donors (Lipinski definition) is 1. The molecule has 0 aliphatic carbocycles. The molecule has 0 saturated carbocycles. The lowest BCUT2D eigenvalue weighted by Gasteiger charge is -1.97. The molecule has 0 unspecified atom stereocenters. The van der Waals surface area contributed by atoms with Crippen LogP contribution in [0.1, 0.15) is 15.4 Å². The van der Waals surface area contributed by atoms with E-state index >= 15 is 0 Å². The third-order valence-electron chi connectivity index (χ3n) is 3.51. The predicted octanol–water partition coefficient (Wildman–Crippen LogP) is 5.56. The van der Waals surface area contributed by atoms with Gasteiger partial charge in [-0.05, 0) is 23.9 Å². The zero-order valence-electron chi connectivity index (χ0n) is 13.2. The number of aromatic nitrogens is 2. The molecule has 3 aromatic heterocycles. The average Bonchev–Trinajstić information content (AvgIpc) is 3.36. The Labute approximate surface area is 156 Å². The predicted molar refractivity (Wildman–Crippen MR) is 106 cm³/mol. The third-order valence-corrected chi connectivity index (χ3v) is 6.67. The van der Waals surface area contributed by atoms with Gasteiger partial charge in [0.05, 0.1) is 21.6 Å². The van der Waals surface area contributed by atoms with Gasteiger partial charge in [0.15, 0.2) is 5.13 Å². The fourth-order valence-electron chi connectivity index (χ4n) is 2.36. The fourth-order valence-corrected chi connectivity index (χ4v) is 4.94. The molecule has 0 aliphatic rings. The van der Waals surface area contributed by atoms with E-state index in [1.165, 1.54) is 22.7 Å². The van der Waals surface area contributed by atoms with Crippen molar-refractivity contribution in [3.8, 4) is 20.3 Å². The minimum Gasteiger partial charge on any atom is -0.297 e. The summed E-state index contributed by atoms with van der Waals surface area (Å²) in [7, 11) is 0. The quantitative estimate of drug-likeness (QED) is 0.502. The van der Waals surface area contributed by atoms with E-state index in [1.54, 1.807) is 17.5 Å². The van der Waals surface area contributed by atoms with Crippen molar-refractivity contribution < 1.29 is 4.79 Å². The number of nitrogens with zero attached hydrogens (tertiary/aromatic N) is 2. The Morgan fingerprint density at radius 1 is 1.08 bits per heavy atom. The first-order chi connectivity index (χ1) is 12.2. The van der Waals surface area contributed by atoms with Gasteiger partial charge in [-0.1, -0.05) is 47.7 Å². The van der Waals surface area contributed by atoms with Gasteiger partial charge in [-0.3, -0.25) is 10.1 Å². The normalized spacial score (nSPS) is 10.8. The van der Waals surface area contributed by atoms with Crippen molar-refractivity contribution in [2.24, 2.45) is 0 Å². The summed E-state index contributed by atoms with van der Waals surface area (Å²) in [6.07, 6.45) is 1.62. The Morgan fingerprint density at radius 2 is 1.92 bits per heavy atom. The lowest BCUT2D eigenvalue weighted by molar-refractivity contribution is 0.103. The average molecular weight is 384 g/mol. The van der Waals surface area contributed by atoms with Crippen molar-refractivity contribution in [3.63, 3.8) is 0 Å². The monoisotopic (exact) mass is 383 g/mol. The molecule has 4 rings (SSSR count). The summed E-state index contributed by atoms with van der Waals surface area (Å²) in [5.41, 5.74) is 2.02. The number of hydrogen-bond acceptors (Lipinski definition) is 6. The van der Waals surface area contributed by atoms with Crippen LogP contribution in [0.25, 0.3) is 20.3 Å². The van der Waals surface area contributed by atoms with E-state index in [9.17, 15) is 4.79 Å². The summed E-state index contributed by atoms with van der Waals surface area (Å²) in [6, 6.07) is 14.0. The Kier molecular flexibility index (Phi) is 4.44. The molecule has 0 radical (unpaired) electrons. The number of thiophene rings is 1. The zero-order valence-corrected chi connectivity index (χ0v) is 15.7. The Bertz CT molecular complexity index is 1000. The number of anilines is 1. The molecule has 0 fully saturated rings. The second kappa shape index (κ2) is 6.87. The third kappa shape index (κ3) is 3.39. The van der Waals surface area contributed by atoms with E-state index in [-0.39, 0.29) is 5.91 Å². The standard InChI is InChI=1S/C18H13N3OS3/c1-11-15(12-6-3-2-4-7-12)25-18(20-11)21-16(22)14-10-19-17(24-14)13-8-5-9-23-13/h2-10H,1H3,(H,20,21,22). The number of thiazole rings is 2. The minimum absolute atomic E-state index is 0.173. The van der Waals surface area contributed by atoms with Crippen LogP contribution in [0, 0.1) is 6.92 Å². The van der Waals surface area contributed by atoms with Gasteiger partial charge in [0.2, 0.25) is 0 Å². The number of aryl methyl sites for hydroxylation is 1. The van der Waals surface area contributed by atoms with Crippen LogP contribution in [0.4, 0.5) is 5.13 Å². The van der Waals surface area contributed by atoms with Crippen LogP contribution in [-0.2, 0) is 0 Å². The van der Waals surface area contributed by atoms with E-state index in [2.05, 4.69) is 15.3 Å². The van der Waals surface area contributed by atoms with E-state index in [1.807, 2.05) is 54.8 Å². The second-order valence-corrected chi connectivity index (χ2v) is 8.24. The molecule has 124 valence electrons. The smallest absolute Gasteiger partial charge is 0.269 e. The van der Waals surface area contributed by atoms with Gasteiger partial charge in [-0.25, -0.2) is 9.97 Å². The molecule has 1 aromatic carbocycles. The molecular weight excluding hydrogens is 370 g/mol. The highest BCUT2D eigenvalue weighted by molar-refractivity contribution is 7.22. The topological polar surface area (TPSA) is 54.9 Å². The number of benzene rings is 1. The molecule has 0 aliphatic heterocycles. The first kappa shape index (κ1) is 16.1. The first-order valence-corrected chi connectivity index (χ1v) is 10.1. The van der Waals surface area contributed by atoms with Crippen molar-refractivity contribution in [3.05, 3.63) is 64.6 Å². The lowest BCUT2D eigenvalue weighted by Crippen LogP contribution is -2.09. The Hall–Kier alpha value is -2.35. The summed E-state index contributed by atoms with van der Waals surface area (Å²) in [6.45, 7) is 1.95. The number of nitrogens with one attached hydrogen (secondary N) is 1. The molecule has 0 saturated heterocycles. The number of carbonyl (C=O) groups is 1. The molecule has 1 N–H and O–H groups in total. The van der Waals surface area contributed by atoms with Crippen LogP contribution in [0.3, 0.4) is 0 Å². The molecule has 0 spiro atoms. The van der Waals surface area contributed by atoms with E-state index in [4.69, 9.17) is 0 Å². The second-order valence-electron chi connectivity index (χ2n) is 5.26. The van der Waals surface area contributed by atoms with Crippen LogP contribution in [0.15, 0.2) is 54.0 Å². The molecular formula is C18H13N3OS3. The van der Waals surface area contributed by atoms with Gasteiger partial charge in [-0.15, -0.1) is 22.7 Å². The van der Waals surface area contributed by atoms with Crippen molar-refractivity contribution in [1.82, 2.24) is 9.97 Å². The molecule has 7 heteroatoms. The van der Waals surface area contributed by atoms with E-state index in [0.29, 0.717) is 10.0 Å². The molecule has 0 bridgehead atoms. The molecule has 4 nitrogen and oxygen atoms in total. The molecule has 3 heterocycles. The van der Waals surface area contributed by atoms with Crippen molar-refractivity contribution in [1.29, 1.82) is 0 Å². The largest absolute Gasteiger partial charge is 0.297 e. The highest BCUT2D eigenvalue weighted by Crippen LogP contribution is 2.33. The van der Waals surface area contributed by atoms with Gasteiger partial charge >= 0.3 is 0 Å². The summed E-state index contributed by atoms with van der Waals surface area (Å²) < 4.78 is 0. The molecule has 1 amide bonds. The van der Waals surface area contributed by atoms with Crippen molar-refractivity contribution >= 4 is 45.0 Å². The fraction of sp³-hybridized carbons (Fsp3) is 0.0556. The highest BCUT2D eigenvalue weighted by Gasteiger charge is 2.16. The first-order valence-electron chi connectivity index (χ1n) is 7.54. The van der Waals surface area contributed by atoms with Gasteiger partial charge in [-0.2, -0.15) is 0 Å². The van der Waals surface area contributed by atoms with Crippen LogP contribution in [0.5, 0.6) is 0 Å². The number of carbonyl (C=O) groups excluding carboxylic acids is 1. The summed E-state index contributed by atoms with van der Waals surface area (Å²) >= 11 is 4.49. The minimum atomic E-state index is -0.173. The highest BCUT2D eigenvalue weighted by atomic mass is 32.1. The van der Waals surface area contributed by atoms with Crippen molar-refractivity contribution in [2.45, 2.75) is 6.92 Å². The maximum atomic E-state index is 12.5. The molecule has 25 heavy (non-hydrogen) atoms. The van der Waals surface area contributed by atoms with E-state index in [0.717, 1.165) is 26.0 Å². The molecule has 4 aromatic rings. The summed E-state index contributed by atoms with van der Waals surface area (Å²) in [4.78, 5) is 24.0. The Balaban J connectivity index is 1.54. The summed E-state index contributed by atoms with van der Waals surface area (Å²) in [5.74, 6) is -0.173. The van der Waals surface area contributed by atoms with Crippen LogP contribution in [-0.4, -0.2) is 15.9 Å². The van der Waals surface area contributed by atoms with E-state index < -0.39 is 0 Å². The van der Waals surface area contributed by atoms with Crippen LogP contribution in [0.2, 0.25) is 0 Å². The lowest BCUT2D eigenvalue weighted by atomic mass is 10.2. The van der Waals surface area contributed by atoms with Gasteiger partial charge < -0.3 is 0 Å². The summed E-state index contributed by atoms with van der Waals surface area (Å²) in [5, 5.41) is 6.36. The number of rotatable bonds is 4. The van der Waals surface area contributed by atoms with Gasteiger partial charge in [0.1, 0.15) is 9.88 Å². The SMILES string of the molecule is Cc1nc(NC(=O)c2cnc(-c3cccs3)s2)sc1-c1ccccc1. The zero-order chi connectivity index (χ0) is 17.2. The maximum Gasteiger partial charge on any atom is 0.269 e. The van der Waals surface area contributed by atoms with Gasteiger partial charge in [0, 0.05) is 0 Å². The van der Waals surface area contributed by atoms with Crippen LogP contribution >= 0.6 is 34.0 Å². The maximum absolute atomic E-state index is 12.5. The van der Waals surface area contributed by atoms with Gasteiger partial charge in [0.25, 0.3) is 5.91 Å².